The van der Waals surface area contributed by atoms with Gasteiger partial charge in [0.2, 0.25) is 5.95 Å². The van der Waals surface area contributed by atoms with Gasteiger partial charge in [-0.15, -0.1) is 0 Å². The summed E-state index contributed by atoms with van der Waals surface area (Å²) in [4.78, 5) is 4.30. The number of halogens is 1. The number of anilines is 1. The molecule has 0 amide bonds. The van der Waals surface area contributed by atoms with Crippen LogP contribution in [0.4, 0.5) is 5.95 Å². The average molecular weight is 266 g/mol. The van der Waals surface area contributed by atoms with E-state index in [9.17, 15) is 0 Å². The fourth-order valence-corrected chi connectivity index (χ4v) is 2.21. The predicted octanol–water partition coefficient (Wildman–Crippen LogP) is 2.70. The highest BCUT2D eigenvalue weighted by Crippen LogP contribution is 2.28. The maximum absolute atomic E-state index is 5.93. The van der Waals surface area contributed by atoms with Crippen LogP contribution in [0.3, 0.4) is 0 Å². The number of hydrogen-bond donors (Lipinski definition) is 1. The molecule has 2 aromatic rings. The van der Waals surface area contributed by atoms with Crippen LogP contribution < -0.4 is 5.73 Å². The van der Waals surface area contributed by atoms with Crippen molar-refractivity contribution in [2.45, 2.75) is 19.4 Å². The second-order valence-electron chi connectivity index (χ2n) is 4.77. The third-order valence-corrected chi connectivity index (χ3v) is 3.48. The quantitative estimate of drug-likeness (QED) is 0.846. The molecule has 1 fully saturated rings. The first-order valence-corrected chi connectivity index (χ1v) is 6.61. The molecular formula is C13H16ClN3O. The smallest absolute Gasteiger partial charge is 0.201 e. The third-order valence-electron chi connectivity index (χ3n) is 3.25. The summed E-state index contributed by atoms with van der Waals surface area (Å²) < 4.78 is 7.60. The number of ether oxygens (including phenoxy) is 1. The Labute approximate surface area is 111 Å². The van der Waals surface area contributed by atoms with Crippen LogP contribution >= 0.6 is 11.6 Å². The van der Waals surface area contributed by atoms with Gasteiger partial charge in [0.15, 0.2) is 0 Å². The Bertz CT molecular complexity index is 563. The Morgan fingerprint density at radius 1 is 1.44 bits per heavy atom. The molecule has 18 heavy (non-hydrogen) atoms. The largest absolute Gasteiger partial charge is 0.379 e. The molecule has 1 aliphatic rings. The number of nitrogens with zero attached hydrogens (tertiary/aromatic N) is 2. The molecule has 1 aromatic carbocycles. The Kier molecular flexibility index (Phi) is 3.14. The molecule has 1 saturated carbocycles. The summed E-state index contributed by atoms with van der Waals surface area (Å²) in [6, 6.07) is 5.63. The van der Waals surface area contributed by atoms with Gasteiger partial charge in [-0.1, -0.05) is 11.6 Å². The zero-order valence-electron chi connectivity index (χ0n) is 10.1. The molecule has 0 bridgehead atoms. The van der Waals surface area contributed by atoms with Crippen LogP contribution in [0.25, 0.3) is 11.0 Å². The van der Waals surface area contributed by atoms with E-state index in [2.05, 4.69) is 4.98 Å². The van der Waals surface area contributed by atoms with Crippen molar-refractivity contribution in [3.63, 3.8) is 0 Å². The monoisotopic (exact) mass is 265 g/mol. The zero-order valence-corrected chi connectivity index (χ0v) is 10.9. The minimum atomic E-state index is 0.516. The summed E-state index contributed by atoms with van der Waals surface area (Å²) in [6.45, 7) is 2.28. The summed E-state index contributed by atoms with van der Waals surface area (Å²) in [5, 5.41) is 0.678. The van der Waals surface area contributed by atoms with Crippen molar-refractivity contribution in [2.24, 2.45) is 5.92 Å². The highest BCUT2D eigenvalue weighted by molar-refractivity contribution is 6.31. The molecule has 0 atom stereocenters. The van der Waals surface area contributed by atoms with Gasteiger partial charge in [-0.3, -0.25) is 0 Å². The maximum Gasteiger partial charge on any atom is 0.201 e. The summed E-state index contributed by atoms with van der Waals surface area (Å²) >= 11 is 5.93. The molecule has 4 nitrogen and oxygen atoms in total. The Morgan fingerprint density at radius 3 is 3.06 bits per heavy atom. The van der Waals surface area contributed by atoms with Gasteiger partial charge < -0.3 is 15.0 Å². The zero-order chi connectivity index (χ0) is 12.5. The molecule has 96 valence electrons. The van der Waals surface area contributed by atoms with E-state index in [0.717, 1.165) is 30.1 Å². The van der Waals surface area contributed by atoms with Crippen molar-refractivity contribution in [1.29, 1.82) is 0 Å². The van der Waals surface area contributed by atoms with Crippen LogP contribution in [0.5, 0.6) is 0 Å². The molecule has 0 spiro atoms. The molecular weight excluding hydrogens is 250 g/mol. The van der Waals surface area contributed by atoms with Gasteiger partial charge >= 0.3 is 0 Å². The molecule has 3 rings (SSSR count). The van der Waals surface area contributed by atoms with Gasteiger partial charge in [-0.05, 0) is 37.0 Å². The van der Waals surface area contributed by atoms with Crippen LogP contribution in [-0.4, -0.2) is 22.8 Å². The highest BCUT2D eigenvalue weighted by atomic mass is 35.5. The van der Waals surface area contributed by atoms with E-state index >= 15 is 0 Å². The van der Waals surface area contributed by atoms with Gasteiger partial charge in [-0.2, -0.15) is 0 Å². The minimum Gasteiger partial charge on any atom is -0.379 e. The van der Waals surface area contributed by atoms with Crippen LogP contribution in [0, 0.1) is 5.92 Å². The number of hydrogen-bond acceptors (Lipinski definition) is 3. The van der Waals surface area contributed by atoms with E-state index < -0.39 is 0 Å². The SMILES string of the molecule is Nc1nc2cc(Cl)ccc2n1CCOCC1CC1. The van der Waals surface area contributed by atoms with E-state index in [-0.39, 0.29) is 0 Å². The lowest BCUT2D eigenvalue weighted by Crippen LogP contribution is -2.10. The molecule has 1 heterocycles. The lowest BCUT2D eigenvalue weighted by atomic mass is 10.3. The molecule has 5 heteroatoms. The van der Waals surface area contributed by atoms with E-state index in [1.807, 2.05) is 22.8 Å². The fraction of sp³-hybridized carbons (Fsp3) is 0.462. The summed E-state index contributed by atoms with van der Waals surface area (Å²) in [5.74, 6) is 1.31. The van der Waals surface area contributed by atoms with Crippen LogP contribution in [0.1, 0.15) is 12.8 Å². The molecule has 0 unspecified atom stereocenters. The van der Waals surface area contributed by atoms with Gasteiger partial charge in [0.1, 0.15) is 0 Å². The number of benzene rings is 1. The van der Waals surface area contributed by atoms with Gasteiger partial charge in [0.25, 0.3) is 0 Å². The predicted molar refractivity (Wildman–Crippen MR) is 72.7 cm³/mol. The van der Waals surface area contributed by atoms with Crippen molar-refractivity contribution in [1.82, 2.24) is 9.55 Å². The van der Waals surface area contributed by atoms with Crippen molar-refractivity contribution in [3.8, 4) is 0 Å². The van der Waals surface area contributed by atoms with Crippen molar-refractivity contribution in [2.75, 3.05) is 18.9 Å². The van der Waals surface area contributed by atoms with Crippen molar-refractivity contribution < 1.29 is 4.74 Å². The normalized spacial score (nSPS) is 15.4. The van der Waals surface area contributed by atoms with Crippen LogP contribution in [0.15, 0.2) is 18.2 Å². The van der Waals surface area contributed by atoms with Gasteiger partial charge in [0.05, 0.1) is 17.6 Å². The second-order valence-corrected chi connectivity index (χ2v) is 5.21. The topological polar surface area (TPSA) is 53.1 Å². The van der Waals surface area contributed by atoms with E-state index in [4.69, 9.17) is 22.1 Å². The van der Waals surface area contributed by atoms with Crippen LogP contribution in [-0.2, 0) is 11.3 Å². The van der Waals surface area contributed by atoms with Gasteiger partial charge in [0, 0.05) is 18.2 Å². The lowest BCUT2D eigenvalue weighted by molar-refractivity contribution is 0.118. The third kappa shape index (κ3) is 2.44. The molecule has 1 aromatic heterocycles. The minimum absolute atomic E-state index is 0.516. The summed E-state index contributed by atoms with van der Waals surface area (Å²) in [7, 11) is 0. The first-order valence-electron chi connectivity index (χ1n) is 6.23. The second kappa shape index (κ2) is 4.78. The number of imidazole rings is 1. The summed E-state index contributed by atoms with van der Waals surface area (Å²) in [6.07, 6.45) is 2.63. The molecule has 0 aliphatic heterocycles. The first kappa shape index (κ1) is 11.8. The molecule has 2 N–H and O–H groups in total. The van der Waals surface area contributed by atoms with E-state index in [1.54, 1.807) is 0 Å². The van der Waals surface area contributed by atoms with E-state index in [0.29, 0.717) is 17.6 Å². The number of aromatic nitrogens is 2. The number of nitrogen functional groups attached to an aromatic ring is 1. The highest BCUT2D eigenvalue weighted by Gasteiger charge is 2.21. The Balaban J connectivity index is 1.71. The number of nitrogens with two attached hydrogens (primary N) is 1. The van der Waals surface area contributed by atoms with E-state index in [1.165, 1.54) is 12.8 Å². The average Bonchev–Trinajstić information content (AvgIpc) is 3.10. The Hall–Kier alpha value is -1.26. The standard InChI is InChI=1S/C13H16ClN3O/c14-10-3-4-12-11(7-10)16-13(15)17(12)5-6-18-8-9-1-2-9/h3-4,7,9H,1-2,5-6,8H2,(H2,15,16). The van der Waals surface area contributed by atoms with Crippen LogP contribution in [0.2, 0.25) is 5.02 Å². The number of fused-ring (bicyclic) bond motifs is 1. The van der Waals surface area contributed by atoms with Gasteiger partial charge in [-0.25, -0.2) is 4.98 Å². The molecule has 0 saturated heterocycles. The first-order chi connectivity index (χ1) is 8.74. The number of rotatable bonds is 5. The maximum atomic E-state index is 5.93. The van der Waals surface area contributed by atoms with Crippen molar-refractivity contribution in [3.05, 3.63) is 23.2 Å². The molecule has 1 aliphatic carbocycles. The van der Waals surface area contributed by atoms with Crippen molar-refractivity contribution >= 4 is 28.6 Å². The Morgan fingerprint density at radius 2 is 2.28 bits per heavy atom. The lowest BCUT2D eigenvalue weighted by Gasteiger charge is -2.07. The molecule has 0 radical (unpaired) electrons. The fourth-order valence-electron chi connectivity index (χ4n) is 2.05. The summed E-state index contributed by atoms with van der Waals surface area (Å²) in [5.41, 5.74) is 7.75.